The molecule has 0 fully saturated rings. The molecular weight excluding hydrogens is 868 g/mol. The van der Waals surface area contributed by atoms with Crippen molar-refractivity contribution in [2.45, 2.75) is 135 Å². The highest BCUT2D eigenvalue weighted by Gasteiger charge is 2.37. The third kappa shape index (κ3) is 21.2. The van der Waals surface area contributed by atoms with Gasteiger partial charge >= 0.3 is 17.9 Å². The van der Waals surface area contributed by atoms with Gasteiger partial charge in [-0.25, -0.2) is 4.79 Å². The average Bonchev–Trinajstić information content (AvgIpc) is 3.20. The first-order valence-electron chi connectivity index (χ1n) is 20.4. The van der Waals surface area contributed by atoms with Gasteiger partial charge < -0.3 is 79.5 Å². The lowest BCUT2D eigenvalue weighted by atomic mass is 9.99. The largest absolute Gasteiger partial charge is 0.481 e. The maximum atomic E-state index is 13.7. The molecule has 0 heterocycles. The zero-order valence-corrected chi connectivity index (χ0v) is 37.2. The number of rotatable bonds is 30. The predicted molar refractivity (Wildman–Crippen MR) is 223 cm³/mol. The van der Waals surface area contributed by atoms with Crippen LogP contribution in [0.2, 0.25) is 0 Å². The van der Waals surface area contributed by atoms with Crippen LogP contribution in [-0.4, -0.2) is 164 Å². The molecule has 0 aliphatic heterocycles. The monoisotopic (exact) mass is 932 g/mol. The summed E-state index contributed by atoms with van der Waals surface area (Å²) in [6.45, 7) is 8.07. The van der Waals surface area contributed by atoms with Gasteiger partial charge in [-0.2, -0.15) is 0 Å². The Morgan fingerprint density at radius 3 is 1.08 bits per heavy atom. The van der Waals surface area contributed by atoms with Gasteiger partial charge in [0.1, 0.15) is 48.3 Å². The molecule has 0 aromatic carbocycles. The summed E-state index contributed by atoms with van der Waals surface area (Å²) >= 11 is 0. The number of carboxylic acids is 3. The number of carboxylic acid groups (broad SMARTS) is 3. The molecule has 0 aliphatic carbocycles. The fraction of sp³-hybridized carbons (Fsp3) is 0.684. The maximum Gasteiger partial charge on any atom is 0.326 e. The molecule has 27 nitrogen and oxygen atoms in total. The van der Waals surface area contributed by atoms with Crippen LogP contribution in [0, 0.1) is 17.8 Å². The van der Waals surface area contributed by atoms with Gasteiger partial charge in [-0.05, 0) is 37.5 Å². The van der Waals surface area contributed by atoms with Crippen molar-refractivity contribution < 1.29 is 83.1 Å². The first kappa shape index (κ1) is 58.5. The molecular formula is C38H64N10O17. The van der Waals surface area contributed by atoms with Crippen LogP contribution in [0.1, 0.15) is 80.6 Å². The van der Waals surface area contributed by atoms with Crippen LogP contribution in [-0.2, 0) is 57.5 Å². The second kappa shape index (κ2) is 28.3. The van der Waals surface area contributed by atoms with E-state index in [9.17, 15) is 83.1 Å². The minimum Gasteiger partial charge on any atom is -0.481 e. The van der Waals surface area contributed by atoms with Crippen LogP contribution in [0.4, 0.5) is 0 Å². The number of nitrogens with two attached hydrogens (primary N) is 2. The fourth-order valence-electron chi connectivity index (χ4n) is 5.58. The van der Waals surface area contributed by atoms with Gasteiger partial charge in [-0.3, -0.25) is 52.7 Å². The van der Waals surface area contributed by atoms with E-state index in [2.05, 4.69) is 42.5 Å². The molecule has 9 atom stereocenters. The number of hydrogen-bond acceptors (Lipinski definition) is 15. The van der Waals surface area contributed by atoms with Crippen LogP contribution in [0.15, 0.2) is 0 Å². The van der Waals surface area contributed by atoms with E-state index in [1.54, 1.807) is 0 Å². The first-order valence-corrected chi connectivity index (χ1v) is 20.4. The standard InChI is InChI=1S/C38H64N10O17/c1-15(2)27(47-32(58)21(12-26(54)55)43-33(59)22(13-49)44-30(56)18(7)39)35(61)41-19(9-11-25(52)53)31(57)46-29(17(5)6)37(63)45-23(14-50)34(60)48-28(16(3)4)36(62)42-20(38(64)65)8-10-24(40)51/h15-23,27-29,49-50H,8-14,39H2,1-7H3,(H2,40,51)(H,41,61)(H,42,62)(H,43,59)(H,44,56)(H,45,63)(H,46,57)(H,47,58)(H,48,60)(H,52,53)(H,54,55)(H,64,65)/t18-,19-,20-,21-,22-,23-,27-,28-,29-/m0/s1. The fourth-order valence-corrected chi connectivity index (χ4v) is 5.58. The molecule has 0 aliphatic rings. The molecule has 0 bridgehead atoms. The smallest absolute Gasteiger partial charge is 0.326 e. The molecule has 17 N–H and O–H groups in total. The second-order valence-electron chi connectivity index (χ2n) is 16.0. The van der Waals surface area contributed by atoms with Crippen LogP contribution in [0.5, 0.6) is 0 Å². The van der Waals surface area contributed by atoms with E-state index < -0.39 is 176 Å². The Bertz CT molecular complexity index is 1740. The van der Waals surface area contributed by atoms with Crippen LogP contribution in [0.25, 0.3) is 0 Å². The molecule has 0 radical (unpaired) electrons. The Balaban J connectivity index is 6.30. The van der Waals surface area contributed by atoms with Gasteiger partial charge in [-0.15, -0.1) is 0 Å². The Labute approximate surface area is 373 Å². The quantitative estimate of drug-likeness (QED) is 0.0319. The van der Waals surface area contributed by atoms with E-state index >= 15 is 0 Å². The Kier molecular flexibility index (Phi) is 25.5. The lowest BCUT2D eigenvalue weighted by Gasteiger charge is -2.29. The van der Waals surface area contributed by atoms with Gasteiger partial charge in [0.2, 0.25) is 53.2 Å². The van der Waals surface area contributed by atoms with Gasteiger partial charge in [0, 0.05) is 12.8 Å². The summed E-state index contributed by atoms with van der Waals surface area (Å²) in [7, 11) is 0. The van der Waals surface area contributed by atoms with E-state index in [0.717, 1.165) is 0 Å². The van der Waals surface area contributed by atoms with Crippen molar-refractivity contribution in [3.05, 3.63) is 0 Å². The third-order valence-electron chi connectivity index (χ3n) is 9.37. The van der Waals surface area contributed by atoms with Crippen LogP contribution >= 0.6 is 0 Å². The third-order valence-corrected chi connectivity index (χ3v) is 9.37. The topological polar surface area (TPSA) is 454 Å². The van der Waals surface area contributed by atoms with Crippen molar-refractivity contribution in [3.8, 4) is 0 Å². The Morgan fingerprint density at radius 1 is 0.415 bits per heavy atom. The van der Waals surface area contributed by atoms with Crippen molar-refractivity contribution in [2.24, 2.45) is 29.2 Å². The predicted octanol–water partition coefficient (Wildman–Crippen LogP) is -6.15. The maximum absolute atomic E-state index is 13.7. The molecule has 0 spiro atoms. The highest BCUT2D eigenvalue weighted by Crippen LogP contribution is 2.10. The first-order chi connectivity index (χ1) is 30.1. The second-order valence-corrected chi connectivity index (χ2v) is 16.0. The van der Waals surface area contributed by atoms with E-state index in [1.165, 1.54) is 48.5 Å². The van der Waals surface area contributed by atoms with Crippen molar-refractivity contribution in [2.75, 3.05) is 13.2 Å². The van der Waals surface area contributed by atoms with Crippen molar-refractivity contribution in [1.82, 2.24) is 42.5 Å². The Morgan fingerprint density at radius 2 is 0.738 bits per heavy atom. The zero-order chi connectivity index (χ0) is 50.5. The number of aliphatic carboxylic acids is 3. The molecule has 0 aromatic rings. The molecule has 65 heavy (non-hydrogen) atoms. The van der Waals surface area contributed by atoms with Crippen LogP contribution in [0.3, 0.4) is 0 Å². The molecule has 0 rings (SSSR count). The van der Waals surface area contributed by atoms with Gasteiger partial charge in [0.05, 0.1) is 25.7 Å². The summed E-state index contributed by atoms with van der Waals surface area (Å²) < 4.78 is 0. The number of aliphatic hydroxyl groups is 2. The van der Waals surface area contributed by atoms with Crippen LogP contribution < -0.4 is 54.0 Å². The minimum atomic E-state index is -1.88. The van der Waals surface area contributed by atoms with Crippen molar-refractivity contribution in [3.63, 3.8) is 0 Å². The van der Waals surface area contributed by atoms with Crippen molar-refractivity contribution in [1.29, 1.82) is 0 Å². The summed E-state index contributed by atoms with van der Waals surface area (Å²) in [6, 6.07) is -14.2. The van der Waals surface area contributed by atoms with E-state index in [0.29, 0.717) is 0 Å². The normalized spacial score (nSPS) is 15.3. The molecule has 9 amide bonds. The SMILES string of the molecule is CC(C)[C@H](NC(=O)[C@H](CO)NC(=O)[C@@H](NC(=O)[C@H](CCC(=O)O)NC(=O)[C@@H](NC(=O)[C@H](CC(=O)O)NC(=O)[C@H](CO)NC(=O)[C@H](C)N)C(C)C)C(C)C)C(=O)N[C@@H](CCC(N)=O)C(=O)O. The number of carbonyl (C=O) groups excluding carboxylic acids is 9. The lowest BCUT2D eigenvalue weighted by molar-refractivity contribution is -0.143. The summed E-state index contributed by atoms with van der Waals surface area (Å²) in [6.07, 6.45) is -3.05. The van der Waals surface area contributed by atoms with Gasteiger partial charge in [0.25, 0.3) is 0 Å². The minimum absolute atomic E-state index is 0.356. The average molecular weight is 933 g/mol. The number of nitrogens with one attached hydrogen (secondary N) is 8. The summed E-state index contributed by atoms with van der Waals surface area (Å²) in [5.74, 6) is -16.2. The molecule has 368 valence electrons. The van der Waals surface area contributed by atoms with Crippen molar-refractivity contribution >= 4 is 71.1 Å². The summed E-state index contributed by atoms with van der Waals surface area (Å²) in [5.41, 5.74) is 10.5. The van der Waals surface area contributed by atoms with E-state index in [-0.39, 0.29) is 12.8 Å². The Hall–Kier alpha value is -6.48. The summed E-state index contributed by atoms with van der Waals surface area (Å²) in [4.78, 5) is 151. The number of amides is 9. The highest BCUT2D eigenvalue weighted by atomic mass is 16.4. The molecule has 0 aromatic heterocycles. The lowest BCUT2D eigenvalue weighted by Crippen LogP contribution is -2.62. The number of aliphatic hydroxyl groups excluding tert-OH is 2. The molecule has 0 saturated heterocycles. The molecule has 27 heteroatoms. The van der Waals surface area contributed by atoms with E-state index in [4.69, 9.17) is 11.5 Å². The summed E-state index contributed by atoms with van der Waals surface area (Å²) in [5, 5.41) is 65.9. The number of carbonyl (C=O) groups is 12. The zero-order valence-electron chi connectivity index (χ0n) is 37.2. The van der Waals surface area contributed by atoms with E-state index in [1.807, 2.05) is 0 Å². The molecule has 0 unspecified atom stereocenters. The van der Waals surface area contributed by atoms with Gasteiger partial charge in [-0.1, -0.05) is 41.5 Å². The highest BCUT2D eigenvalue weighted by molar-refractivity contribution is 5.99. The van der Waals surface area contributed by atoms with Gasteiger partial charge in [0.15, 0.2) is 0 Å². The number of primary amides is 1. The molecule has 0 saturated carbocycles. The number of hydrogen-bond donors (Lipinski definition) is 15.